The Balaban J connectivity index is 0.00000200. The average Bonchev–Trinajstić information content (AvgIpc) is 2.37. The molecular weight excluding hydrogens is 293 g/mol. The van der Waals surface area contributed by atoms with E-state index in [9.17, 15) is 18.0 Å². The van der Waals surface area contributed by atoms with Gasteiger partial charge in [-0.15, -0.1) is 12.4 Å². The highest BCUT2D eigenvalue weighted by Crippen LogP contribution is 2.35. The van der Waals surface area contributed by atoms with Crippen LogP contribution in [0.2, 0.25) is 0 Å². The molecule has 2 unspecified atom stereocenters. The molecule has 2 rings (SSSR count). The molecule has 0 spiro atoms. The number of carbonyl (C=O) groups is 1. The van der Waals surface area contributed by atoms with Gasteiger partial charge in [-0.05, 0) is 32.1 Å². The maximum absolute atomic E-state index is 12.6. The number of amides is 1. The summed E-state index contributed by atoms with van der Waals surface area (Å²) in [4.78, 5) is 13.8. The topological polar surface area (TPSA) is 46.3 Å². The van der Waals surface area contributed by atoms with Gasteiger partial charge >= 0.3 is 6.18 Å². The number of piperidine rings is 1. The van der Waals surface area contributed by atoms with E-state index in [0.29, 0.717) is 6.42 Å². The third-order valence-electron chi connectivity index (χ3n) is 4.33. The lowest BCUT2D eigenvalue weighted by Crippen LogP contribution is -2.46. The van der Waals surface area contributed by atoms with E-state index in [1.165, 1.54) is 0 Å². The van der Waals surface area contributed by atoms with Crippen LogP contribution in [0.25, 0.3) is 0 Å². The Bertz CT molecular complexity index is 330. The molecule has 3 nitrogen and oxygen atoms in total. The molecule has 1 heterocycles. The van der Waals surface area contributed by atoms with E-state index in [4.69, 9.17) is 5.73 Å². The van der Waals surface area contributed by atoms with E-state index in [1.807, 2.05) is 0 Å². The molecule has 1 aliphatic carbocycles. The number of alkyl halides is 3. The van der Waals surface area contributed by atoms with Gasteiger partial charge in [-0.3, -0.25) is 4.79 Å². The first-order chi connectivity index (χ1) is 8.88. The maximum atomic E-state index is 12.6. The molecule has 1 saturated carbocycles. The maximum Gasteiger partial charge on any atom is 0.391 e. The third-order valence-corrected chi connectivity index (χ3v) is 4.33. The van der Waals surface area contributed by atoms with Gasteiger partial charge in [0.2, 0.25) is 5.91 Å². The van der Waals surface area contributed by atoms with Gasteiger partial charge in [0.1, 0.15) is 0 Å². The fraction of sp³-hybridized carbons (Fsp3) is 0.923. The van der Waals surface area contributed by atoms with Crippen LogP contribution in [0, 0.1) is 11.8 Å². The second-order valence-electron chi connectivity index (χ2n) is 5.76. The number of carbonyl (C=O) groups excluding carboxylic acids is 1. The molecule has 2 N–H and O–H groups in total. The molecule has 2 fully saturated rings. The van der Waals surface area contributed by atoms with Crippen LogP contribution in [0.3, 0.4) is 0 Å². The first-order valence-electron chi connectivity index (χ1n) is 6.99. The molecule has 0 aromatic carbocycles. The zero-order chi connectivity index (χ0) is 14.0. The van der Waals surface area contributed by atoms with Gasteiger partial charge < -0.3 is 10.6 Å². The predicted octanol–water partition coefficient (Wildman–Crippen LogP) is 2.73. The number of hydrogen-bond donors (Lipinski definition) is 1. The van der Waals surface area contributed by atoms with Crippen molar-refractivity contribution in [2.24, 2.45) is 17.6 Å². The highest BCUT2D eigenvalue weighted by atomic mass is 35.5. The summed E-state index contributed by atoms with van der Waals surface area (Å²) in [5.41, 5.74) is 5.85. The van der Waals surface area contributed by atoms with Gasteiger partial charge in [0.15, 0.2) is 0 Å². The Hall–Kier alpha value is -0.490. The minimum Gasteiger partial charge on any atom is -0.342 e. The smallest absolute Gasteiger partial charge is 0.342 e. The molecular formula is C13H22ClF3N2O. The number of nitrogens with zero attached hydrogens (tertiary/aromatic N) is 1. The highest BCUT2D eigenvalue weighted by Gasteiger charge is 2.42. The lowest BCUT2D eigenvalue weighted by molar-refractivity contribution is -0.187. The molecule has 20 heavy (non-hydrogen) atoms. The van der Waals surface area contributed by atoms with Crippen molar-refractivity contribution in [3.05, 3.63) is 0 Å². The summed E-state index contributed by atoms with van der Waals surface area (Å²) in [6.45, 7) is 0.462. The zero-order valence-corrected chi connectivity index (χ0v) is 12.2. The lowest BCUT2D eigenvalue weighted by Gasteiger charge is -2.36. The fourth-order valence-electron chi connectivity index (χ4n) is 3.14. The monoisotopic (exact) mass is 314 g/mol. The second kappa shape index (κ2) is 6.98. The van der Waals surface area contributed by atoms with Crippen LogP contribution in [0.1, 0.15) is 38.5 Å². The van der Waals surface area contributed by atoms with Gasteiger partial charge in [0.25, 0.3) is 0 Å². The van der Waals surface area contributed by atoms with E-state index in [2.05, 4.69) is 0 Å². The highest BCUT2D eigenvalue weighted by molar-refractivity contribution is 5.85. The van der Waals surface area contributed by atoms with E-state index in [-0.39, 0.29) is 56.2 Å². The molecule has 1 amide bonds. The number of halogens is 4. The minimum atomic E-state index is -4.12. The SMILES string of the molecule is Cl.NC1CCCC(C(=O)N2CCC(C(F)(F)F)CC2)C1. The summed E-state index contributed by atoms with van der Waals surface area (Å²) in [5.74, 6) is -1.31. The quantitative estimate of drug-likeness (QED) is 0.809. The molecule has 7 heteroatoms. The third kappa shape index (κ3) is 4.25. The molecule has 2 aliphatic rings. The van der Waals surface area contributed by atoms with Crippen molar-refractivity contribution in [1.82, 2.24) is 4.90 Å². The Morgan fingerprint density at radius 2 is 1.70 bits per heavy atom. The molecule has 0 bridgehead atoms. The normalized spacial score (nSPS) is 28.9. The van der Waals surface area contributed by atoms with Crippen molar-refractivity contribution in [3.8, 4) is 0 Å². The van der Waals surface area contributed by atoms with E-state index >= 15 is 0 Å². The molecule has 0 aromatic heterocycles. The van der Waals surface area contributed by atoms with Crippen LogP contribution < -0.4 is 5.73 Å². The van der Waals surface area contributed by atoms with Gasteiger partial charge in [-0.2, -0.15) is 13.2 Å². The Labute approximate surface area is 123 Å². The van der Waals surface area contributed by atoms with Crippen molar-refractivity contribution < 1.29 is 18.0 Å². The van der Waals surface area contributed by atoms with Crippen molar-refractivity contribution >= 4 is 18.3 Å². The van der Waals surface area contributed by atoms with Gasteiger partial charge in [0.05, 0.1) is 5.92 Å². The molecule has 1 saturated heterocycles. The van der Waals surface area contributed by atoms with Gasteiger partial charge in [0, 0.05) is 25.0 Å². The van der Waals surface area contributed by atoms with Crippen molar-refractivity contribution in [2.75, 3.05) is 13.1 Å². The molecule has 0 radical (unpaired) electrons. The van der Waals surface area contributed by atoms with Gasteiger partial charge in [-0.1, -0.05) is 6.42 Å². The number of nitrogens with two attached hydrogens (primary N) is 1. The number of hydrogen-bond acceptors (Lipinski definition) is 2. The first-order valence-corrected chi connectivity index (χ1v) is 6.99. The zero-order valence-electron chi connectivity index (χ0n) is 11.4. The largest absolute Gasteiger partial charge is 0.391 e. The van der Waals surface area contributed by atoms with Crippen LogP contribution in [-0.2, 0) is 4.79 Å². The van der Waals surface area contributed by atoms with Crippen molar-refractivity contribution in [2.45, 2.75) is 50.7 Å². The Morgan fingerprint density at radius 1 is 1.10 bits per heavy atom. The van der Waals surface area contributed by atoms with Crippen LogP contribution >= 0.6 is 12.4 Å². The fourth-order valence-corrected chi connectivity index (χ4v) is 3.14. The van der Waals surface area contributed by atoms with Crippen molar-refractivity contribution in [1.29, 1.82) is 0 Å². The minimum absolute atomic E-state index is 0. The average molecular weight is 315 g/mol. The van der Waals surface area contributed by atoms with E-state index < -0.39 is 12.1 Å². The van der Waals surface area contributed by atoms with Crippen LogP contribution in [-0.4, -0.2) is 36.1 Å². The second-order valence-corrected chi connectivity index (χ2v) is 5.76. The summed E-state index contributed by atoms with van der Waals surface area (Å²) in [6.07, 6.45) is -0.662. The standard InChI is InChI=1S/C13H21F3N2O.ClH/c14-13(15,16)10-4-6-18(7-5-10)12(19)9-2-1-3-11(17)8-9;/h9-11H,1-8,17H2;1H. The van der Waals surface area contributed by atoms with Crippen LogP contribution in [0.4, 0.5) is 13.2 Å². The first kappa shape index (κ1) is 17.6. The van der Waals surface area contributed by atoms with Crippen LogP contribution in [0.15, 0.2) is 0 Å². The summed E-state index contributed by atoms with van der Waals surface area (Å²) < 4.78 is 37.7. The van der Waals surface area contributed by atoms with Crippen LogP contribution in [0.5, 0.6) is 0 Å². The summed E-state index contributed by atoms with van der Waals surface area (Å²) in [5, 5.41) is 0. The van der Waals surface area contributed by atoms with Crippen molar-refractivity contribution in [3.63, 3.8) is 0 Å². The molecule has 2 atom stereocenters. The predicted molar refractivity (Wildman–Crippen MR) is 72.5 cm³/mol. The van der Waals surface area contributed by atoms with E-state index in [0.717, 1.165) is 19.3 Å². The Morgan fingerprint density at radius 3 is 2.20 bits per heavy atom. The van der Waals surface area contributed by atoms with E-state index in [1.54, 1.807) is 4.90 Å². The summed E-state index contributed by atoms with van der Waals surface area (Å²) >= 11 is 0. The molecule has 0 aromatic rings. The lowest BCUT2D eigenvalue weighted by atomic mass is 9.84. The molecule has 1 aliphatic heterocycles. The summed E-state index contributed by atoms with van der Waals surface area (Å²) in [7, 11) is 0. The number of likely N-dealkylation sites (tertiary alicyclic amines) is 1. The summed E-state index contributed by atoms with van der Waals surface area (Å²) in [6, 6.07) is 0.0652. The Kier molecular flexibility index (Phi) is 6.13. The van der Waals surface area contributed by atoms with Gasteiger partial charge in [-0.25, -0.2) is 0 Å². The molecule has 118 valence electrons. The number of rotatable bonds is 1.